The Labute approximate surface area is 102 Å². The summed E-state index contributed by atoms with van der Waals surface area (Å²) in [5.74, 6) is -0.337. The van der Waals surface area contributed by atoms with Gasteiger partial charge in [-0.3, -0.25) is 10.1 Å². The number of hydrogen-bond acceptors (Lipinski definition) is 6. The second-order valence-electron chi connectivity index (χ2n) is 3.45. The lowest BCUT2D eigenvalue weighted by atomic mass is 10.4. The smallest absolute Gasteiger partial charge is 0.400 e. The number of nitro groups is 1. The second kappa shape index (κ2) is 5.77. The maximum atomic E-state index is 11.0. The van der Waals surface area contributed by atoms with Gasteiger partial charge in [0.25, 0.3) is 0 Å². The summed E-state index contributed by atoms with van der Waals surface area (Å²) in [4.78, 5) is 20.6. The van der Waals surface area contributed by atoms with Crippen LogP contribution < -0.4 is 5.73 Å². The van der Waals surface area contributed by atoms with E-state index in [1.54, 1.807) is 0 Å². The molecule has 9 heteroatoms. The van der Waals surface area contributed by atoms with E-state index in [1.165, 1.54) is 13.0 Å². The zero-order valence-electron chi connectivity index (χ0n) is 9.52. The molecule has 0 saturated heterocycles. The van der Waals surface area contributed by atoms with Crippen molar-refractivity contribution in [2.45, 2.75) is 13.0 Å². The molecule has 1 aromatic heterocycles. The van der Waals surface area contributed by atoms with Gasteiger partial charge in [-0.25, -0.2) is 9.80 Å². The van der Waals surface area contributed by atoms with Gasteiger partial charge < -0.3 is 15.3 Å². The van der Waals surface area contributed by atoms with Gasteiger partial charge in [-0.05, 0) is 13.0 Å². The summed E-state index contributed by atoms with van der Waals surface area (Å²) < 4.78 is 4.79. The molecular formula is C9H12N4O5. The molecule has 0 aliphatic heterocycles. The molecule has 0 unspecified atom stereocenters. The second-order valence-corrected chi connectivity index (χ2v) is 3.45. The first kappa shape index (κ1) is 13.6. The monoisotopic (exact) mass is 256 g/mol. The van der Waals surface area contributed by atoms with E-state index >= 15 is 0 Å². The maximum Gasteiger partial charge on any atom is 0.433 e. The van der Waals surface area contributed by atoms with Crippen LogP contribution in [0.5, 0.6) is 0 Å². The third-order valence-corrected chi connectivity index (χ3v) is 1.81. The molecule has 18 heavy (non-hydrogen) atoms. The summed E-state index contributed by atoms with van der Waals surface area (Å²) in [5.41, 5.74) is 5.03. The number of nitrogens with zero attached hydrogens (tertiary/aromatic N) is 3. The van der Waals surface area contributed by atoms with E-state index in [0.717, 1.165) is 17.3 Å². The van der Waals surface area contributed by atoms with Crippen LogP contribution in [0.1, 0.15) is 12.7 Å². The van der Waals surface area contributed by atoms with Crippen LogP contribution >= 0.6 is 0 Å². The molecule has 3 N–H and O–H groups in total. The molecule has 9 nitrogen and oxygen atoms in total. The van der Waals surface area contributed by atoms with Gasteiger partial charge in [0.15, 0.2) is 5.76 Å². The van der Waals surface area contributed by atoms with Gasteiger partial charge >= 0.3 is 11.9 Å². The van der Waals surface area contributed by atoms with Crippen LogP contribution in [0.4, 0.5) is 10.7 Å². The number of hydrazone groups is 1. The topological polar surface area (TPSA) is 135 Å². The Balaban J connectivity index is 2.75. The molecule has 0 aromatic carbocycles. The lowest BCUT2D eigenvalue weighted by Gasteiger charge is -2.15. The van der Waals surface area contributed by atoms with Crippen LogP contribution in [0.15, 0.2) is 21.7 Å². The highest BCUT2D eigenvalue weighted by molar-refractivity contribution is 5.79. The quantitative estimate of drug-likeness (QED) is 0.443. The molecular weight excluding hydrogens is 244 g/mol. The van der Waals surface area contributed by atoms with Crippen LogP contribution in [0, 0.1) is 10.1 Å². The minimum absolute atomic E-state index is 0.0887. The summed E-state index contributed by atoms with van der Waals surface area (Å²) in [6, 6.07) is 1.63. The zero-order valence-corrected chi connectivity index (χ0v) is 9.52. The van der Waals surface area contributed by atoms with Gasteiger partial charge in [-0.2, -0.15) is 5.10 Å². The van der Waals surface area contributed by atoms with Gasteiger partial charge in [0.1, 0.15) is 4.92 Å². The third kappa shape index (κ3) is 3.87. The van der Waals surface area contributed by atoms with Crippen LogP contribution in [-0.4, -0.2) is 39.9 Å². The van der Waals surface area contributed by atoms with Crippen molar-refractivity contribution in [2.24, 2.45) is 10.8 Å². The number of carbonyl (C=O) groups is 1. The van der Waals surface area contributed by atoms with Crippen molar-refractivity contribution in [3.8, 4) is 0 Å². The Bertz CT molecular complexity index is 467. The van der Waals surface area contributed by atoms with E-state index in [4.69, 9.17) is 15.3 Å². The SMILES string of the molecule is C[C@H](O)CN(/N=C\c1ccc([N+](=O)[O-])o1)C(N)=O. The fourth-order valence-electron chi connectivity index (χ4n) is 1.08. The van der Waals surface area contributed by atoms with E-state index in [2.05, 4.69) is 5.10 Å². The van der Waals surface area contributed by atoms with Gasteiger partial charge in [0.2, 0.25) is 0 Å². The zero-order chi connectivity index (χ0) is 13.7. The van der Waals surface area contributed by atoms with E-state index in [0.29, 0.717) is 0 Å². The number of furan rings is 1. The number of urea groups is 1. The van der Waals surface area contributed by atoms with Crippen molar-refractivity contribution in [1.29, 1.82) is 0 Å². The molecule has 0 fully saturated rings. The predicted octanol–water partition coefficient (Wildman–Crippen LogP) is 0.283. The van der Waals surface area contributed by atoms with Crippen LogP contribution in [0.3, 0.4) is 0 Å². The van der Waals surface area contributed by atoms with Crippen molar-refractivity contribution in [3.63, 3.8) is 0 Å². The van der Waals surface area contributed by atoms with Crippen molar-refractivity contribution >= 4 is 18.1 Å². The van der Waals surface area contributed by atoms with E-state index in [1.807, 2.05) is 0 Å². The maximum absolute atomic E-state index is 11.0. The molecule has 2 amide bonds. The Morgan fingerprint density at radius 1 is 1.78 bits per heavy atom. The molecule has 0 aliphatic rings. The van der Waals surface area contributed by atoms with Gasteiger partial charge in [-0.1, -0.05) is 0 Å². The number of amides is 2. The predicted molar refractivity (Wildman–Crippen MR) is 60.9 cm³/mol. The third-order valence-electron chi connectivity index (χ3n) is 1.81. The van der Waals surface area contributed by atoms with E-state index in [9.17, 15) is 14.9 Å². The summed E-state index contributed by atoms with van der Waals surface area (Å²) in [5, 5.41) is 23.9. The summed E-state index contributed by atoms with van der Waals surface area (Å²) in [6.07, 6.45) is 0.292. The first-order valence-corrected chi connectivity index (χ1v) is 4.93. The average Bonchev–Trinajstić information content (AvgIpc) is 2.72. The molecule has 0 radical (unpaired) electrons. The highest BCUT2D eigenvalue weighted by Crippen LogP contribution is 2.13. The normalized spacial score (nSPS) is 12.6. The fourth-order valence-corrected chi connectivity index (χ4v) is 1.08. The molecule has 0 saturated carbocycles. The van der Waals surface area contributed by atoms with Crippen molar-refractivity contribution in [3.05, 3.63) is 28.0 Å². The Morgan fingerprint density at radius 2 is 2.44 bits per heavy atom. The molecule has 1 heterocycles. The highest BCUT2D eigenvalue weighted by Gasteiger charge is 2.13. The highest BCUT2D eigenvalue weighted by atomic mass is 16.6. The lowest BCUT2D eigenvalue weighted by Crippen LogP contribution is -2.36. The van der Waals surface area contributed by atoms with Crippen molar-refractivity contribution in [1.82, 2.24) is 5.01 Å². The summed E-state index contributed by atoms with van der Waals surface area (Å²) >= 11 is 0. The van der Waals surface area contributed by atoms with Crippen LogP contribution in [-0.2, 0) is 0 Å². The molecule has 1 rings (SSSR count). The van der Waals surface area contributed by atoms with E-state index in [-0.39, 0.29) is 12.3 Å². The number of aliphatic hydroxyl groups excluding tert-OH is 1. The summed E-state index contributed by atoms with van der Waals surface area (Å²) in [7, 11) is 0. The molecule has 0 bridgehead atoms. The number of rotatable bonds is 5. The van der Waals surface area contributed by atoms with Gasteiger partial charge in [-0.15, -0.1) is 0 Å². The lowest BCUT2D eigenvalue weighted by molar-refractivity contribution is -0.402. The number of hydrogen-bond donors (Lipinski definition) is 2. The molecule has 0 aliphatic carbocycles. The summed E-state index contributed by atoms with van der Waals surface area (Å²) in [6.45, 7) is 1.37. The standard InChI is InChI=1S/C9H12N4O5/c1-6(14)5-12(9(10)15)11-4-7-2-3-8(18-7)13(16)17/h2-4,6,14H,5H2,1H3,(H2,10,15)/b11-4-/t6-/m0/s1. The van der Waals surface area contributed by atoms with Crippen molar-refractivity contribution in [2.75, 3.05) is 6.54 Å². The first-order chi connectivity index (χ1) is 8.40. The molecule has 98 valence electrons. The van der Waals surface area contributed by atoms with Gasteiger partial charge in [0, 0.05) is 0 Å². The number of nitrogens with two attached hydrogens (primary N) is 1. The molecule has 0 spiro atoms. The largest absolute Gasteiger partial charge is 0.433 e. The number of carbonyl (C=O) groups excluding carboxylic acids is 1. The van der Waals surface area contributed by atoms with Crippen LogP contribution in [0.2, 0.25) is 0 Å². The number of aliphatic hydroxyl groups is 1. The minimum atomic E-state index is -0.854. The van der Waals surface area contributed by atoms with Crippen LogP contribution in [0.25, 0.3) is 0 Å². The Kier molecular flexibility index (Phi) is 4.38. The molecule has 1 atom stereocenters. The van der Waals surface area contributed by atoms with Crippen molar-refractivity contribution < 1.29 is 19.2 Å². The Hall–Kier alpha value is -2.42. The minimum Gasteiger partial charge on any atom is -0.400 e. The first-order valence-electron chi connectivity index (χ1n) is 4.93. The molecule has 1 aromatic rings. The van der Waals surface area contributed by atoms with Gasteiger partial charge in [0.05, 0.1) is 24.9 Å². The van der Waals surface area contributed by atoms with E-state index < -0.39 is 22.9 Å². The Morgan fingerprint density at radius 3 is 2.89 bits per heavy atom. The number of primary amides is 1. The fraction of sp³-hybridized carbons (Fsp3) is 0.333. The average molecular weight is 256 g/mol.